The van der Waals surface area contributed by atoms with Crippen molar-refractivity contribution in [3.63, 3.8) is 0 Å². The summed E-state index contributed by atoms with van der Waals surface area (Å²) in [6.07, 6.45) is 1.12. The third-order valence-electron chi connectivity index (χ3n) is 6.14. The largest absolute Gasteiger partial charge is 0.479 e. The van der Waals surface area contributed by atoms with Crippen LogP contribution in [-0.4, -0.2) is 54.0 Å². The number of halogens is 1. The maximum absolute atomic E-state index is 14.0. The Bertz CT molecular complexity index is 1050. The number of benzene rings is 2. The van der Waals surface area contributed by atoms with Crippen molar-refractivity contribution in [1.29, 1.82) is 0 Å². The lowest BCUT2D eigenvalue weighted by atomic mass is 10.0. The van der Waals surface area contributed by atoms with Crippen LogP contribution >= 0.6 is 0 Å². The van der Waals surface area contributed by atoms with Crippen molar-refractivity contribution in [1.82, 2.24) is 10.2 Å². The molecule has 194 valence electrons. The summed E-state index contributed by atoms with van der Waals surface area (Å²) in [5, 5.41) is 2.88. The molecule has 0 saturated carbocycles. The van der Waals surface area contributed by atoms with Crippen molar-refractivity contribution < 1.29 is 28.2 Å². The number of nitrogens with zero attached hydrogens (tertiary/aromatic N) is 1. The molecule has 0 bridgehead atoms. The highest BCUT2D eigenvalue weighted by Gasteiger charge is 2.36. The summed E-state index contributed by atoms with van der Waals surface area (Å²) < 4.78 is 24.7. The number of rotatable bonds is 11. The zero-order valence-electron chi connectivity index (χ0n) is 20.7. The standard InChI is InChI=1S/C27H34FN3O5/c1-3-24(27(34)35-4-2)36-20-13-11-18(12-14-20)17-30-25(32)23-10-7-15-31(23)26(33)22(29)16-19-8-5-6-9-21(19)28/h5-6,8-9,11-14,22-24H,3-4,7,10,15-17,29H2,1-2H3,(H,30,32)/t22-,23-,24?/m0/s1. The summed E-state index contributed by atoms with van der Waals surface area (Å²) in [6, 6.07) is 11.7. The Kier molecular flexibility index (Phi) is 9.81. The number of amides is 2. The fraction of sp³-hybridized carbons (Fsp3) is 0.444. The van der Waals surface area contributed by atoms with E-state index in [1.165, 1.54) is 11.0 Å². The van der Waals surface area contributed by atoms with Gasteiger partial charge in [-0.2, -0.15) is 0 Å². The van der Waals surface area contributed by atoms with Gasteiger partial charge in [-0.15, -0.1) is 0 Å². The van der Waals surface area contributed by atoms with Crippen LogP contribution in [0.1, 0.15) is 44.2 Å². The first-order valence-corrected chi connectivity index (χ1v) is 12.3. The van der Waals surface area contributed by atoms with Gasteiger partial charge in [0.25, 0.3) is 0 Å². The Morgan fingerprint density at radius 2 is 1.86 bits per heavy atom. The Balaban J connectivity index is 1.53. The van der Waals surface area contributed by atoms with Gasteiger partial charge < -0.3 is 25.4 Å². The highest BCUT2D eigenvalue weighted by atomic mass is 19.1. The zero-order valence-corrected chi connectivity index (χ0v) is 20.7. The average molecular weight is 500 g/mol. The quantitative estimate of drug-likeness (QED) is 0.460. The Morgan fingerprint density at radius 1 is 1.14 bits per heavy atom. The number of nitrogens with one attached hydrogen (secondary N) is 1. The molecule has 2 aromatic carbocycles. The van der Waals surface area contributed by atoms with Crippen LogP contribution in [0.5, 0.6) is 5.75 Å². The number of carbonyl (C=O) groups is 3. The number of likely N-dealkylation sites (tertiary alicyclic amines) is 1. The van der Waals surface area contributed by atoms with E-state index in [0.29, 0.717) is 43.7 Å². The lowest BCUT2D eigenvalue weighted by Crippen LogP contribution is -2.51. The van der Waals surface area contributed by atoms with Crippen LogP contribution < -0.4 is 15.8 Å². The number of nitrogens with two attached hydrogens (primary N) is 1. The van der Waals surface area contributed by atoms with Crippen molar-refractivity contribution in [2.75, 3.05) is 13.2 Å². The minimum atomic E-state index is -0.926. The van der Waals surface area contributed by atoms with Crippen LogP contribution in [0.4, 0.5) is 4.39 Å². The summed E-state index contributed by atoms with van der Waals surface area (Å²) in [7, 11) is 0. The molecule has 8 nitrogen and oxygen atoms in total. The Labute approximate surface area is 210 Å². The molecule has 0 radical (unpaired) electrons. The molecule has 1 saturated heterocycles. The molecule has 36 heavy (non-hydrogen) atoms. The van der Waals surface area contributed by atoms with Crippen molar-refractivity contribution in [3.8, 4) is 5.75 Å². The number of hydrogen-bond acceptors (Lipinski definition) is 6. The smallest absolute Gasteiger partial charge is 0.347 e. The van der Waals surface area contributed by atoms with Crippen molar-refractivity contribution >= 4 is 17.8 Å². The first kappa shape index (κ1) is 27.1. The minimum Gasteiger partial charge on any atom is -0.479 e. The third-order valence-corrected chi connectivity index (χ3v) is 6.14. The number of ether oxygens (including phenoxy) is 2. The van der Waals surface area contributed by atoms with Crippen LogP contribution in [0.2, 0.25) is 0 Å². The van der Waals surface area contributed by atoms with Gasteiger partial charge in [0.05, 0.1) is 12.6 Å². The molecule has 1 unspecified atom stereocenters. The van der Waals surface area contributed by atoms with Crippen LogP contribution in [0.25, 0.3) is 0 Å². The number of esters is 1. The molecule has 2 amide bonds. The van der Waals surface area contributed by atoms with Gasteiger partial charge >= 0.3 is 5.97 Å². The molecule has 0 aromatic heterocycles. The van der Waals surface area contributed by atoms with E-state index in [4.69, 9.17) is 15.2 Å². The molecule has 9 heteroatoms. The van der Waals surface area contributed by atoms with E-state index in [1.807, 2.05) is 6.92 Å². The van der Waals surface area contributed by atoms with E-state index in [-0.39, 0.29) is 24.8 Å². The molecule has 3 N–H and O–H groups in total. The molecule has 0 spiro atoms. The van der Waals surface area contributed by atoms with Gasteiger partial charge in [-0.1, -0.05) is 37.3 Å². The predicted molar refractivity (Wildman–Crippen MR) is 132 cm³/mol. The molecular formula is C27H34FN3O5. The third kappa shape index (κ3) is 7.04. The fourth-order valence-corrected chi connectivity index (χ4v) is 4.19. The summed E-state index contributed by atoms with van der Waals surface area (Å²) in [5.74, 6) is -0.891. The molecule has 3 atom stereocenters. The second-order valence-corrected chi connectivity index (χ2v) is 8.72. The first-order chi connectivity index (χ1) is 17.3. The fourth-order valence-electron chi connectivity index (χ4n) is 4.19. The molecule has 0 aliphatic carbocycles. The molecular weight excluding hydrogens is 465 g/mol. The second-order valence-electron chi connectivity index (χ2n) is 8.72. The van der Waals surface area contributed by atoms with E-state index >= 15 is 0 Å². The predicted octanol–water partition coefficient (Wildman–Crippen LogP) is 2.72. The van der Waals surface area contributed by atoms with Gasteiger partial charge in [0.15, 0.2) is 6.10 Å². The van der Waals surface area contributed by atoms with Gasteiger partial charge in [-0.05, 0) is 61.9 Å². The molecule has 2 aromatic rings. The number of hydrogen-bond donors (Lipinski definition) is 2. The van der Waals surface area contributed by atoms with Crippen LogP contribution in [0, 0.1) is 5.82 Å². The minimum absolute atomic E-state index is 0.0693. The maximum Gasteiger partial charge on any atom is 0.347 e. The summed E-state index contributed by atoms with van der Waals surface area (Å²) in [5.41, 5.74) is 7.30. The number of carbonyl (C=O) groups excluding carboxylic acids is 3. The normalized spacial score (nSPS) is 16.8. The molecule has 3 rings (SSSR count). The average Bonchev–Trinajstić information content (AvgIpc) is 3.37. The summed E-state index contributed by atoms with van der Waals surface area (Å²) in [4.78, 5) is 39.2. The van der Waals surface area contributed by atoms with Crippen LogP contribution in [0.3, 0.4) is 0 Å². The first-order valence-electron chi connectivity index (χ1n) is 12.3. The highest BCUT2D eigenvalue weighted by molar-refractivity contribution is 5.90. The van der Waals surface area contributed by atoms with E-state index in [0.717, 1.165) is 5.56 Å². The van der Waals surface area contributed by atoms with Crippen molar-refractivity contribution in [3.05, 3.63) is 65.5 Å². The maximum atomic E-state index is 14.0. The highest BCUT2D eigenvalue weighted by Crippen LogP contribution is 2.20. The SMILES string of the molecule is CCOC(=O)C(CC)Oc1ccc(CNC(=O)[C@@H]2CCCN2C(=O)[C@@H](N)Cc2ccccc2F)cc1. The molecule has 1 heterocycles. The molecule has 1 aliphatic rings. The van der Waals surface area contributed by atoms with Gasteiger partial charge in [0.2, 0.25) is 11.8 Å². The Hall–Kier alpha value is -3.46. The summed E-state index contributed by atoms with van der Waals surface area (Å²) in [6.45, 7) is 4.59. The molecule has 1 aliphatic heterocycles. The van der Waals surface area contributed by atoms with Gasteiger partial charge in [-0.25, -0.2) is 9.18 Å². The lowest BCUT2D eigenvalue weighted by Gasteiger charge is -2.27. The monoisotopic (exact) mass is 499 g/mol. The van der Waals surface area contributed by atoms with Gasteiger partial charge in [0.1, 0.15) is 17.6 Å². The zero-order chi connectivity index (χ0) is 26.1. The van der Waals surface area contributed by atoms with E-state index in [9.17, 15) is 18.8 Å². The van der Waals surface area contributed by atoms with E-state index in [2.05, 4.69) is 5.32 Å². The Morgan fingerprint density at radius 3 is 2.53 bits per heavy atom. The van der Waals surface area contributed by atoms with Gasteiger partial charge in [0, 0.05) is 13.1 Å². The van der Waals surface area contributed by atoms with E-state index < -0.39 is 30.0 Å². The van der Waals surface area contributed by atoms with E-state index in [1.54, 1.807) is 49.4 Å². The second kappa shape index (κ2) is 13.0. The van der Waals surface area contributed by atoms with Crippen LogP contribution in [0.15, 0.2) is 48.5 Å². The molecule has 1 fully saturated rings. The van der Waals surface area contributed by atoms with Crippen LogP contribution in [-0.2, 0) is 32.1 Å². The lowest BCUT2D eigenvalue weighted by molar-refractivity contribution is -0.151. The summed E-state index contributed by atoms with van der Waals surface area (Å²) >= 11 is 0. The van der Waals surface area contributed by atoms with Gasteiger partial charge in [-0.3, -0.25) is 9.59 Å². The topological polar surface area (TPSA) is 111 Å². The van der Waals surface area contributed by atoms with Crippen molar-refractivity contribution in [2.45, 2.75) is 64.3 Å². The van der Waals surface area contributed by atoms with Crippen molar-refractivity contribution in [2.24, 2.45) is 5.73 Å².